The Bertz CT molecular complexity index is 594. The van der Waals surface area contributed by atoms with Gasteiger partial charge >= 0.3 is 5.97 Å². The van der Waals surface area contributed by atoms with Crippen molar-refractivity contribution in [3.63, 3.8) is 0 Å². The number of benzene rings is 1. The summed E-state index contributed by atoms with van der Waals surface area (Å²) in [7, 11) is 0. The van der Waals surface area contributed by atoms with Crippen molar-refractivity contribution in [2.24, 2.45) is 0 Å². The first-order valence-corrected chi connectivity index (χ1v) is 9.19. The highest BCUT2D eigenvalue weighted by Crippen LogP contribution is 2.47. The van der Waals surface area contributed by atoms with E-state index >= 15 is 0 Å². The second kappa shape index (κ2) is 12.1. The lowest BCUT2D eigenvalue weighted by Gasteiger charge is -2.20. The summed E-state index contributed by atoms with van der Waals surface area (Å²) in [6.07, 6.45) is 3.79. The maximum Gasteiger partial charge on any atom is 0.330 e. The number of esters is 1. The van der Waals surface area contributed by atoms with Crippen molar-refractivity contribution in [3.05, 3.63) is 17.7 Å². The molecule has 1 aromatic carbocycles. The van der Waals surface area contributed by atoms with Gasteiger partial charge in [0.2, 0.25) is 11.5 Å². The molecule has 0 aliphatic heterocycles. The van der Waals surface area contributed by atoms with Gasteiger partial charge in [-0.1, -0.05) is 6.92 Å². The fourth-order valence-electron chi connectivity index (χ4n) is 2.26. The van der Waals surface area contributed by atoms with Crippen LogP contribution in [0.4, 0.5) is 0 Å². The smallest absolute Gasteiger partial charge is 0.330 e. The maximum absolute atomic E-state index is 11.8. The van der Waals surface area contributed by atoms with Crippen molar-refractivity contribution in [2.75, 3.05) is 33.0 Å². The second-order valence-corrected chi connectivity index (χ2v) is 5.18. The van der Waals surface area contributed by atoms with Crippen molar-refractivity contribution in [3.8, 4) is 23.0 Å². The molecule has 0 saturated carbocycles. The zero-order valence-electron chi connectivity index (χ0n) is 16.4. The Kier molecular flexibility index (Phi) is 10.1. The fraction of sp³-hybridized carbons (Fsp3) is 0.550. The van der Waals surface area contributed by atoms with Crippen LogP contribution in [-0.2, 0) is 9.53 Å². The highest BCUT2D eigenvalue weighted by atomic mass is 16.6. The average Bonchev–Trinajstić information content (AvgIpc) is 2.63. The number of hydrogen-bond donors (Lipinski definition) is 0. The Morgan fingerprint density at radius 1 is 0.846 bits per heavy atom. The molecule has 6 nitrogen and oxygen atoms in total. The minimum absolute atomic E-state index is 0.388. The van der Waals surface area contributed by atoms with E-state index in [1.165, 1.54) is 6.08 Å². The first-order valence-electron chi connectivity index (χ1n) is 9.19. The van der Waals surface area contributed by atoms with Crippen LogP contribution in [0, 0.1) is 0 Å². The second-order valence-electron chi connectivity index (χ2n) is 5.18. The van der Waals surface area contributed by atoms with Crippen LogP contribution in [0.2, 0.25) is 0 Å². The van der Waals surface area contributed by atoms with Crippen molar-refractivity contribution in [1.82, 2.24) is 0 Å². The minimum atomic E-state index is -0.404. The summed E-state index contributed by atoms with van der Waals surface area (Å²) in [5.74, 6) is 1.64. The summed E-state index contributed by atoms with van der Waals surface area (Å²) in [6.45, 7) is 11.7. The Morgan fingerprint density at radius 2 is 1.42 bits per heavy atom. The predicted molar refractivity (Wildman–Crippen MR) is 101 cm³/mol. The third kappa shape index (κ3) is 6.17. The van der Waals surface area contributed by atoms with E-state index in [1.54, 1.807) is 12.1 Å². The first-order chi connectivity index (χ1) is 12.6. The van der Waals surface area contributed by atoms with E-state index in [0.717, 1.165) is 6.42 Å². The zero-order valence-corrected chi connectivity index (χ0v) is 16.4. The summed E-state index contributed by atoms with van der Waals surface area (Å²) < 4.78 is 28.1. The van der Waals surface area contributed by atoms with Crippen LogP contribution >= 0.6 is 0 Å². The van der Waals surface area contributed by atoms with Gasteiger partial charge in [0.05, 0.1) is 33.0 Å². The molecule has 6 heteroatoms. The van der Waals surface area contributed by atoms with Crippen LogP contribution in [0.5, 0.6) is 23.0 Å². The van der Waals surface area contributed by atoms with E-state index in [0.29, 0.717) is 61.6 Å². The Hall–Kier alpha value is -2.37. The largest absolute Gasteiger partial charge is 0.490 e. The van der Waals surface area contributed by atoms with E-state index in [4.69, 9.17) is 23.7 Å². The van der Waals surface area contributed by atoms with Crippen LogP contribution < -0.4 is 18.9 Å². The normalized spacial score (nSPS) is 10.7. The van der Waals surface area contributed by atoms with Gasteiger partial charge in [-0.15, -0.1) is 0 Å². The third-order valence-electron chi connectivity index (χ3n) is 3.20. The van der Waals surface area contributed by atoms with Gasteiger partial charge in [0.1, 0.15) is 0 Å². The molecule has 0 aliphatic rings. The molecular weight excluding hydrogens is 336 g/mol. The van der Waals surface area contributed by atoms with Crippen LogP contribution in [0.1, 0.15) is 46.6 Å². The molecule has 0 bridgehead atoms. The summed E-state index contributed by atoms with van der Waals surface area (Å²) in [5, 5.41) is 0. The van der Waals surface area contributed by atoms with Gasteiger partial charge in [-0.25, -0.2) is 4.79 Å². The molecule has 0 N–H and O–H groups in total. The van der Waals surface area contributed by atoms with Gasteiger partial charge in [-0.3, -0.25) is 0 Å². The third-order valence-corrected chi connectivity index (χ3v) is 3.20. The quantitative estimate of drug-likeness (QED) is 0.407. The fourth-order valence-corrected chi connectivity index (χ4v) is 2.26. The highest BCUT2D eigenvalue weighted by Gasteiger charge is 2.22. The number of carbonyl (C=O) groups excluding carboxylic acids is 1. The number of carbonyl (C=O) groups is 1. The molecule has 26 heavy (non-hydrogen) atoms. The van der Waals surface area contributed by atoms with Gasteiger partial charge in [0, 0.05) is 11.6 Å². The number of ether oxygens (including phenoxy) is 5. The predicted octanol–water partition coefficient (Wildman–Crippen LogP) is 4.25. The molecule has 0 saturated heterocycles. The molecule has 0 atom stereocenters. The van der Waals surface area contributed by atoms with E-state index in [1.807, 2.05) is 34.6 Å². The van der Waals surface area contributed by atoms with Crippen molar-refractivity contribution in [2.45, 2.75) is 41.0 Å². The standard InChI is InChI=1S/C20H30O6/c1-6-13-26-17(21)12-11-15-14-16(22-7-2)19(24-9-4)20(25-10-5)18(15)23-8-3/h11-12,14H,6-10,13H2,1-5H3. The van der Waals surface area contributed by atoms with E-state index in [-0.39, 0.29) is 0 Å². The molecule has 0 unspecified atom stereocenters. The molecule has 0 aliphatic carbocycles. The molecule has 0 heterocycles. The van der Waals surface area contributed by atoms with Crippen molar-refractivity contribution >= 4 is 12.0 Å². The van der Waals surface area contributed by atoms with Gasteiger partial charge in [-0.2, -0.15) is 0 Å². The Morgan fingerprint density at radius 3 is 2.00 bits per heavy atom. The Labute approximate surface area is 156 Å². The summed E-state index contributed by atoms with van der Waals surface area (Å²) in [5.41, 5.74) is 0.663. The topological polar surface area (TPSA) is 63.2 Å². The van der Waals surface area contributed by atoms with Crippen LogP contribution in [-0.4, -0.2) is 39.0 Å². The lowest BCUT2D eigenvalue weighted by Crippen LogP contribution is -2.07. The molecule has 0 spiro atoms. The molecule has 0 radical (unpaired) electrons. The molecule has 1 aromatic rings. The lowest BCUT2D eigenvalue weighted by molar-refractivity contribution is -0.137. The number of rotatable bonds is 12. The summed E-state index contributed by atoms with van der Waals surface area (Å²) in [6, 6.07) is 1.78. The molecule has 1 rings (SSSR count). The van der Waals surface area contributed by atoms with Crippen molar-refractivity contribution in [1.29, 1.82) is 0 Å². The molecule has 0 fully saturated rings. The highest BCUT2D eigenvalue weighted by molar-refractivity contribution is 5.88. The first kappa shape index (κ1) is 21.7. The molecule has 0 amide bonds. The lowest BCUT2D eigenvalue weighted by atomic mass is 10.1. The van der Waals surface area contributed by atoms with Crippen LogP contribution in [0.15, 0.2) is 12.1 Å². The Balaban J connectivity index is 3.40. The molecular formula is C20H30O6. The van der Waals surface area contributed by atoms with Gasteiger partial charge in [-0.05, 0) is 46.3 Å². The van der Waals surface area contributed by atoms with E-state index in [9.17, 15) is 4.79 Å². The van der Waals surface area contributed by atoms with Gasteiger partial charge in [0.25, 0.3) is 0 Å². The zero-order chi connectivity index (χ0) is 19.4. The monoisotopic (exact) mass is 366 g/mol. The average molecular weight is 366 g/mol. The van der Waals surface area contributed by atoms with Crippen LogP contribution in [0.3, 0.4) is 0 Å². The van der Waals surface area contributed by atoms with Gasteiger partial charge in [0.15, 0.2) is 11.5 Å². The maximum atomic E-state index is 11.8. The van der Waals surface area contributed by atoms with Crippen molar-refractivity contribution < 1.29 is 28.5 Å². The molecule has 0 aromatic heterocycles. The number of hydrogen-bond acceptors (Lipinski definition) is 6. The van der Waals surface area contributed by atoms with Crippen LogP contribution in [0.25, 0.3) is 6.08 Å². The van der Waals surface area contributed by atoms with E-state index in [2.05, 4.69) is 0 Å². The summed E-state index contributed by atoms with van der Waals surface area (Å²) >= 11 is 0. The van der Waals surface area contributed by atoms with Gasteiger partial charge < -0.3 is 23.7 Å². The minimum Gasteiger partial charge on any atom is -0.490 e. The SMILES string of the molecule is CCCOC(=O)C=Cc1cc(OCC)c(OCC)c(OCC)c1OCC. The summed E-state index contributed by atoms with van der Waals surface area (Å²) in [4.78, 5) is 11.8. The molecule has 146 valence electrons. The van der Waals surface area contributed by atoms with E-state index < -0.39 is 5.97 Å².